The van der Waals surface area contributed by atoms with Crippen LogP contribution in [-0.2, 0) is 4.79 Å². The lowest BCUT2D eigenvalue weighted by Crippen LogP contribution is -2.46. The van der Waals surface area contributed by atoms with Gasteiger partial charge in [-0.15, -0.1) is 0 Å². The van der Waals surface area contributed by atoms with Gasteiger partial charge in [0.2, 0.25) is 5.91 Å². The smallest absolute Gasteiger partial charge is 0.236 e. The van der Waals surface area contributed by atoms with Crippen molar-refractivity contribution in [1.29, 1.82) is 0 Å². The molecule has 0 rings (SSSR count). The summed E-state index contributed by atoms with van der Waals surface area (Å²) in [5.74, 6) is 0.0530. The van der Waals surface area contributed by atoms with E-state index >= 15 is 0 Å². The quantitative estimate of drug-likeness (QED) is 0.701. The third-order valence-electron chi connectivity index (χ3n) is 3.09. The minimum atomic E-state index is -0.111. The summed E-state index contributed by atoms with van der Waals surface area (Å²) in [6, 6.07) is -0.111. The van der Waals surface area contributed by atoms with Crippen LogP contribution in [0.15, 0.2) is 0 Å². The molecule has 15 heavy (non-hydrogen) atoms. The fourth-order valence-electron chi connectivity index (χ4n) is 1.51. The Balaban J connectivity index is 4.16. The van der Waals surface area contributed by atoms with Crippen molar-refractivity contribution in [3.8, 4) is 0 Å². The Morgan fingerprint density at radius 1 is 1.40 bits per heavy atom. The summed E-state index contributed by atoms with van der Waals surface area (Å²) in [7, 11) is 1.67. The van der Waals surface area contributed by atoms with Crippen LogP contribution in [0.2, 0.25) is 0 Å². The van der Waals surface area contributed by atoms with E-state index in [0.29, 0.717) is 0 Å². The molecule has 1 amide bonds. The number of rotatable bonds is 7. The highest BCUT2D eigenvalue weighted by atomic mass is 32.2. The lowest BCUT2D eigenvalue weighted by Gasteiger charge is -2.31. The van der Waals surface area contributed by atoms with Gasteiger partial charge in [0.05, 0.1) is 6.04 Å². The summed E-state index contributed by atoms with van der Waals surface area (Å²) < 4.78 is 0.266. The molecular formula is C11H24N2OS. The number of carbonyl (C=O) groups excluding carboxylic acids is 1. The summed E-state index contributed by atoms with van der Waals surface area (Å²) >= 11 is 1.88. The van der Waals surface area contributed by atoms with E-state index in [4.69, 9.17) is 0 Å². The van der Waals surface area contributed by atoms with E-state index in [2.05, 4.69) is 30.7 Å². The highest BCUT2D eigenvalue weighted by Gasteiger charge is 2.25. The van der Waals surface area contributed by atoms with Gasteiger partial charge in [-0.05, 0) is 26.0 Å². The third-order valence-corrected chi connectivity index (χ3v) is 4.68. The summed E-state index contributed by atoms with van der Waals surface area (Å²) in [5.41, 5.74) is 0. The second-order valence-electron chi connectivity index (χ2n) is 3.81. The summed E-state index contributed by atoms with van der Waals surface area (Å²) in [6.45, 7) is 7.18. The molecular weight excluding hydrogens is 208 g/mol. The summed E-state index contributed by atoms with van der Waals surface area (Å²) in [5, 5.41) is 5.94. The van der Waals surface area contributed by atoms with Crippen LogP contribution in [0, 0.1) is 0 Å². The minimum Gasteiger partial charge on any atom is -0.358 e. The van der Waals surface area contributed by atoms with Crippen LogP contribution < -0.4 is 10.6 Å². The molecule has 90 valence electrons. The van der Waals surface area contributed by atoms with Crippen molar-refractivity contribution in [2.75, 3.05) is 19.8 Å². The Kier molecular flexibility index (Phi) is 7.02. The zero-order valence-electron chi connectivity index (χ0n) is 10.5. The molecule has 4 heteroatoms. The van der Waals surface area contributed by atoms with Gasteiger partial charge < -0.3 is 10.6 Å². The molecule has 0 aliphatic heterocycles. The van der Waals surface area contributed by atoms with Crippen molar-refractivity contribution < 1.29 is 4.79 Å². The fourth-order valence-corrected chi connectivity index (χ4v) is 2.31. The first-order chi connectivity index (χ1) is 7.05. The van der Waals surface area contributed by atoms with Crippen molar-refractivity contribution in [2.45, 2.75) is 44.4 Å². The standard InChI is InChI=1S/C11H24N2OS/c1-6-11(7-2,15-5)8-13-9(3)10(14)12-4/h9,13H,6-8H2,1-5H3,(H,12,14). The van der Waals surface area contributed by atoms with Crippen molar-refractivity contribution in [3.05, 3.63) is 0 Å². The van der Waals surface area contributed by atoms with Gasteiger partial charge in [-0.25, -0.2) is 0 Å². The number of amides is 1. The topological polar surface area (TPSA) is 41.1 Å². The Hall–Kier alpha value is -0.220. The molecule has 0 heterocycles. The molecule has 0 saturated heterocycles. The average molecular weight is 232 g/mol. The first-order valence-electron chi connectivity index (χ1n) is 5.55. The van der Waals surface area contributed by atoms with Gasteiger partial charge in [0.15, 0.2) is 0 Å². The molecule has 0 spiro atoms. The maximum atomic E-state index is 11.3. The number of hydrogen-bond acceptors (Lipinski definition) is 3. The lowest BCUT2D eigenvalue weighted by molar-refractivity contribution is -0.122. The van der Waals surface area contributed by atoms with E-state index in [1.807, 2.05) is 18.7 Å². The van der Waals surface area contributed by atoms with Crippen LogP contribution >= 0.6 is 11.8 Å². The predicted molar refractivity (Wildman–Crippen MR) is 68.4 cm³/mol. The van der Waals surface area contributed by atoms with E-state index < -0.39 is 0 Å². The Labute approximate surface area is 97.8 Å². The van der Waals surface area contributed by atoms with Gasteiger partial charge in [0.1, 0.15) is 0 Å². The van der Waals surface area contributed by atoms with Gasteiger partial charge in [0.25, 0.3) is 0 Å². The Morgan fingerprint density at radius 3 is 2.27 bits per heavy atom. The van der Waals surface area contributed by atoms with Crippen molar-refractivity contribution in [2.24, 2.45) is 0 Å². The van der Waals surface area contributed by atoms with Crippen molar-refractivity contribution >= 4 is 17.7 Å². The molecule has 0 aliphatic rings. The van der Waals surface area contributed by atoms with Crippen LogP contribution in [0.4, 0.5) is 0 Å². The molecule has 0 fully saturated rings. The van der Waals surface area contributed by atoms with Crippen LogP contribution in [0.25, 0.3) is 0 Å². The van der Waals surface area contributed by atoms with Crippen LogP contribution in [0.5, 0.6) is 0 Å². The number of thioether (sulfide) groups is 1. The maximum absolute atomic E-state index is 11.3. The highest BCUT2D eigenvalue weighted by molar-refractivity contribution is 8.00. The molecule has 0 aromatic carbocycles. The van der Waals surface area contributed by atoms with E-state index in [-0.39, 0.29) is 16.7 Å². The minimum absolute atomic E-state index is 0.0530. The van der Waals surface area contributed by atoms with E-state index in [1.165, 1.54) is 0 Å². The number of carbonyl (C=O) groups is 1. The van der Waals surface area contributed by atoms with Crippen LogP contribution in [0.3, 0.4) is 0 Å². The molecule has 2 N–H and O–H groups in total. The lowest BCUT2D eigenvalue weighted by atomic mass is 10.0. The third kappa shape index (κ3) is 4.43. The predicted octanol–water partition coefficient (Wildman–Crippen LogP) is 1.63. The van der Waals surface area contributed by atoms with Gasteiger partial charge in [-0.1, -0.05) is 13.8 Å². The van der Waals surface area contributed by atoms with Gasteiger partial charge in [-0.2, -0.15) is 11.8 Å². The largest absolute Gasteiger partial charge is 0.358 e. The van der Waals surface area contributed by atoms with E-state index in [0.717, 1.165) is 19.4 Å². The monoisotopic (exact) mass is 232 g/mol. The van der Waals surface area contributed by atoms with Gasteiger partial charge in [-0.3, -0.25) is 4.79 Å². The maximum Gasteiger partial charge on any atom is 0.236 e. The van der Waals surface area contributed by atoms with Crippen LogP contribution in [-0.4, -0.2) is 36.5 Å². The average Bonchev–Trinajstić information content (AvgIpc) is 2.30. The SMILES string of the molecule is CCC(CC)(CNC(C)C(=O)NC)SC. The molecule has 0 radical (unpaired) electrons. The second kappa shape index (κ2) is 7.12. The molecule has 1 atom stereocenters. The summed E-state index contributed by atoms with van der Waals surface area (Å²) in [4.78, 5) is 11.3. The normalized spacial score (nSPS) is 13.7. The van der Waals surface area contributed by atoms with Gasteiger partial charge in [0, 0.05) is 18.3 Å². The first kappa shape index (κ1) is 14.8. The highest BCUT2D eigenvalue weighted by Crippen LogP contribution is 2.29. The Bertz CT molecular complexity index is 185. The first-order valence-corrected chi connectivity index (χ1v) is 6.77. The second-order valence-corrected chi connectivity index (χ2v) is 5.09. The zero-order valence-corrected chi connectivity index (χ0v) is 11.3. The molecule has 0 bridgehead atoms. The van der Waals surface area contributed by atoms with Crippen molar-refractivity contribution in [3.63, 3.8) is 0 Å². The van der Waals surface area contributed by atoms with E-state index in [1.54, 1.807) is 7.05 Å². The molecule has 1 unspecified atom stereocenters. The molecule has 0 saturated carbocycles. The molecule has 0 aromatic heterocycles. The number of likely N-dealkylation sites (N-methyl/N-ethyl adjacent to an activating group) is 1. The van der Waals surface area contributed by atoms with Crippen LogP contribution in [0.1, 0.15) is 33.6 Å². The number of hydrogen-bond donors (Lipinski definition) is 2. The number of nitrogens with one attached hydrogen (secondary N) is 2. The van der Waals surface area contributed by atoms with Crippen molar-refractivity contribution in [1.82, 2.24) is 10.6 Å². The summed E-state index contributed by atoms with van der Waals surface area (Å²) in [6.07, 6.45) is 4.38. The molecule has 0 aliphatic carbocycles. The zero-order chi connectivity index (χ0) is 11.9. The molecule has 3 nitrogen and oxygen atoms in total. The van der Waals surface area contributed by atoms with Gasteiger partial charge >= 0.3 is 0 Å². The Morgan fingerprint density at radius 2 is 1.93 bits per heavy atom. The fraction of sp³-hybridized carbons (Fsp3) is 0.909. The van der Waals surface area contributed by atoms with E-state index in [9.17, 15) is 4.79 Å². The molecule has 0 aromatic rings.